The van der Waals surface area contributed by atoms with Gasteiger partial charge in [0.25, 0.3) is 5.91 Å². The summed E-state index contributed by atoms with van der Waals surface area (Å²) in [6, 6.07) is 30.3. The lowest BCUT2D eigenvalue weighted by molar-refractivity contribution is 0.0933. The molecule has 1 unspecified atom stereocenters. The van der Waals surface area contributed by atoms with Crippen LogP contribution < -0.4 is 10.1 Å². The maximum absolute atomic E-state index is 13.1. The molecule has 1 atom stereocenters. The van der Waals surface area contributed by atoms with Crippen molar-refractivity contribution in [1.82, 2.24) is 10.2 Å². The fraction of sp³-hybridized carbons (Fsp3) is 0.207. The highest BCUT2D eigenvalue weighted by Crippen LogP contribution is 2.25. The summed E-state index contributed by atoms with van der Waals surface area (Å²) >= 11 is 0. The Balaban J connectivity index is 1.53. The van der Waals surface area contributed by atoms with Crippen LogP contribution in [0.1, 0.15) is 28.4 Å². The maximum atomic E-state index is 13.1. The van der Waals surface area contributed by atoms with Crippen LogP contribution in [0.15, 0.2) is 91.0 Å². The lowest BCUT2D eigenvalue weighted by Gasteiger charge is -2.22. The third-order valence-electron chi connectivity index (χ3n) is 5.92. The molecule has 168 valence electrons. The van der Waals surface area contributed by atoms with Crippen molar-refractivity contribution < 1.29 is 9.53 Å². The van der Waals surface area contributed by atoms with Crippen molar-refractivity contribution >= 4 is 16.7 Å². The van der Waals surface area contributed by atoms with Gasteiger partial charge in [0.1, 0.15) is 5.75 Å². The second-order valence-electron chi connectivity index (χ2n) is 8.53. The molecule has 0 aromatic heterocycles. The van der Waals surface area contributed by atoms with Crippen LogP contribution >= 0.6 is 0 Å². The van der Waals surface area contributed by atoms with Crippen molar-refractivity contribution in [1.29, 1.82) is 0 Å². The average molecular weight is 439 g/mol. The molecule has 0 heterocycles. The largest absolute Gasteiger partial charge is 0.497 e. The zero-order valence-corrected chi connectivity index (χ0v) is 19.4. The van der Waals surface area contributed by atoms with Gasteiger partial charge in [-0.05, 0) is 84.9 Å². The number of benzene rings is 4. The first-order valence-electron chi connectivity index (χ1n) is 11.2. The molecule has 0 aliphatic rings. The third-order valence-corrected chi connectivity index (χ3v) is 5.92. The molecule has 0 fully saturated rings. The number of hydrogen-bond donors (Lipinski definition) is 1. The fourth-order valence-corrected chi connectivity index (χ4v) is 3.97. The Bertz CT molecular complexity index is 1210. The summed E-state index contributed by atoms with van der Waals surface area (Å²) in [5, 5.41) is 5.65. The van der Waals surface area contributed by atoms with Crippen molar-refractivity contribution in [2.24, 2.45) is 0 Å². The van der Waals surface area contributed by atoms with E-state index < -0.39 is 0 Å². The molecule has 0 radical (unpaired) electrons. The third kappa shape index (κ3) is 5.60. The van der Waals surface area contributed by atoms with Crippen LogP contribution in [0, 0.1) is 0 Å². The maximum Gasteiger partial charge on any atom is 0.251 e. The first kappa shape index (κ1) is 22.6. The highest BCUT2D eigenvalue weighted by molar-refractivity contribution is 5.95. The number of methoxy groups -OCH3 is 1. The highest BCUT2D eigenvalue weighted by Gasteiger charge is 2.17. The van der Waals surface area contributed by atoms with Crippen LogP contribution in [0.2, 0.25) is 0 Å². The molecule has 33 heavy (non-hydrogen) atoms. The van der Waals surface area contributed by atoms with E-state index in [1.807, 2.05) is 60.7 Å². The van der Waals surface area contributed by atoms with E-state index >= 15 is 0 Å². The van der Waals surface area contributed by atoms with Crippen molar-refractivity contribution in [3.63, 3.8) is 0 Å². The Morgan fingerprint density at radius 2 is 1.48 bits per heavy atom. The van der Waals surface area contributed by atoms with E-state index in [4.69, 9.17) is 4.74 Å². The molecule has 0 aliphatic carbocycles. The molecule has 4 heteroatoms. The van der Waals surface area contributed by atoms with Gasteiger partial charge < -0.3 is 15.0 Å². The molecule has 4 rings (SSSR count). The average Bonchev–Trinajstić information content (AvgIpc) is 2.86. The number of fused-ring (bicyclic) bond motifs is 1. The quantitative estimate of drug-likeness (QED) is 0.370. The van der Waals surface area contributed by atoms with E-state index in [0.717, 1.165) is 35.4 Å². The minimum Gasteiger partial charge on any atom is -0.497 e. The number of nitrogens with one attached hydrogen (secondary N) is 1. The van der Waals surface area contributed by atoms with Crippen molar-refractivity contribution in [3.8, 4) is 16.9 Å². The van der Waals surface area contributed by atoms with Gasteiger partial charge in [-0.1, -0.05) is 60.7 Å². The summed E-state index contributed by atoms with van der Waals surface area (Å²) in [6.07, 6.45) is 0.834. The SMILES string of the molecule is COc1ccc(-c2ccc(C(=O)NC(CCN(C)C)c3ccc4ccccc4c3)cc2)cc1. The normalized spacial score (nSPS) is 12.0. The predicted molar refractivity (Wildman–Crippen MR) is 136 cm³/mol. The topological polar surface area (TPSA) is 41.6 Å². The van der Waals surface area contributed by atoms with Gasteiger partial charge in [-0.25, -0.2) is 0 Å². The molecular weight excluding hydrogens is 408 g/mol. The zero-order valence-electron chi connectivity index (χ0n) is 19.4. The minimum absolute atomic E-state index is 0.0619. The number of amides is 1. The Hall–Kier alpha value is -3.63. The summed E-state index contributed by atoms with van der Waals surface area (Å²) in [5.74, 6) is 0.764. The minimum atomic E-state index is -0.0641. The summed E-state index contributed by atoms with van der Waals surface area (Å²) < 4.78 is 5.23. The van der Waals surface area contributed by atoms with Gasteiger partial charge in [0.15, 0.2) is 0 Å². The van der Waals surface area contributed by atoms with E-state index in [2.05, 4.69) is 54.6 Å². The Labute approximate surface area is 195 Å². The Morgan fingerprint density at radius 1 is 0.848 bits per heavy atom. The Morgan fingerprint density at radius 3 is 2.12 bits per heavy atom. The molecule has 0 spiro atoms. The number of carbonyl (C=O) groups is 1. The van der Waals surface area contributed by atoms with E-state index in [0.29, 0.717) is 5.56 Å². The van der Waals surface area contributed by atoms with Crippen LogP contribution in [-0.4, -0.2) is 38.6 Å². The van der Waals surface area contributed by atoms with Gasteiger partial charge in [0.05, 0.1) is 13.2 Å². The van der Waals surface area contributed by atoms with E-state index in [-0.39, 0.29) is 11.9 Å². The van der Waals surface area contributed by atoms with Gasteiger partial charge in [-0.3, -0.25) is 4.79 Å². The second kappa shape index (κ2) is 10.3. The summed E-state index contributed by atoms with van der Waals surface area (Å²) in [7, 11) is 5.76. The zero-order chi connectivity index (χ0) is 23.2. The molecule has 4 nitrogen and oxygen atoms in total. The number of carbonyl (C=O) groups excluding carboxylic acids is 1. The standard InChI is InChI=1S/C29H30N2O2/c1-31(2)19-18-28(26-13-10-21-6-4-5-7-25(21)20-26)30-29(32)24-11-8-22(9-12-24)23-14-16-27(33-3)17-15-23/h4-17,20,28H,18-19H2,1-3H3,(H,30,32). The van der Waals surface area contributed by atoms with E-state index in [1.165, 1.54) is 10.8 Å². The van der Waals surface area contributed by atoms with Crippen LogP contribution in [0.25, 0.3) is 21.9 Å². The molecular formula is C29H30N2O2. The number of nitrogens with zero attached hydrogens (tertiary/aromatic N) is 1. The fourth-order valence-electron chi connectivity index (χ4n) is 3.97. The number of rotatable bonds is 8. The van der Waals surface area contributed by atoms with Gasteiger partial charge in [-0.15, -0.1) is 0 Å². The van der Waals surface area contributed by atoms with Crippen LogP contribution in [0.3, 0.4) is 0 Å². The van der Waals surface area contributed by atoms with Gasteiger partial charge in [0.2, 0.25) is 0 Å². The van der Waals surface area contributed by atoms with Gasteiger partial charge in [-0.2, -0.15) is 0 Å². The molecule has 1 N–H and O–H groups in total. The Kier molecular flexibility index (Phi) is 7.06. The lowest BCUT2D eigenvalue weighted by Crippen LogP contribution is -2.31. The van der Waals surface area contributed by atoms with Crippen LogP contribution in [0.5, 0.6) is 5.75 Å². The molecule has 0 saturated carbocycles. The van der Waals surface area contributed by atoms with Crippen molar-refractivity contribution in [3.05, 3.63) is 102 Å². The second-order valence-corrected chi connectivity index (χ2v) is 8.53. The van der Waals surface area contributed by atoms with Gasteiger partial charge in [0, 0.05) is 5.56 Å². The summed E-state index contributed by atoms with van der Waals surface area (Å²) in [5.41, 5.74) is 3.93. The summed E-state index contributed by atoms with van der Waals surface area (Å²) in [6.45, 7) is 0.883. The number of ether oxygens (including phenoxy) is 1. The van der Waals surface area contributed by atoms with E-state index in [9.17, 15) is 4.79 Å². The van der Waals surface area contributed by atoms with Crippen LogP contribution in [-0.2, 0) is 0 Å². The molecule has 1 amide bonds. The first-order valence-corrected chi connectivity index (χ1v) is 11.2. The lowest BCUT2D eigenvalue weighted by atomic mass is 9.98. The molecule has 0 bridgehead atoms. The van der Waals surface area contributed by atoms with E-state index in [1.54, 1.807) is 7.11 Å². The summed E-state index contributed by atoms with van der Waals surface area (Å²) in [4.78, 5) is 15.3. The van der Waals surface area contributed by atoms with Crippen molar-refractivity contribution in [2.45, 2.75) is 12.5 Å². The molecule has 0 aliphatic heterocycles. The monoisotopic (exact) mass is 438 g/mol. The molecule has 4 aromatic carbocycles. The molecule has 4 aromatic rings. The first-order chi connectivity index (χ1) is 16.0. The molecule has 0 saturated heterocycles. The van der Waals surface area contributed by atoms with Gasteiger partial charge >= 0.3 is 0 Å². The predicted octanol–water partition coefficient (Wildman–Crippen LogP) is 5.94. The van der Waals surface area contributed by atoms with Crippen LogP contribution in [0.4, 0.5) is 0 Å². The van der Waals surface area contributed by atoms with Crippen molar-refractivity contribution in [2.75, 3.05) is 27.7 Å². The number of hydrogen-bond acceptors (Lipinski definition) is 3. The smallest absolute Gasteiger partial charge is 0.251 e. The highest BCUT2D eigenvalue weighted by atomic mass is 16.5.